The Hall–Kier alpha value is -0.120. The lowest BCUT2D eigenvalue weighted by molar-refractivity contribution is -0.0896. The molecule has 1 saturated heterocycles. The fraction of sp³-hybridized carbons (Fsp3) is 1.00. The minimum Gasteiger partial charge on any atom is -0.375 e. The molecule has 0 amide bonds. The molecule has 1 heterocycles. The molecule has 1 aliphatic carbocycles. The molecular weight excluding hydrogens is 200 g/mol. The van der Waals surface area contributed by atoms with Crippen LogP contribution in [-0.4, -0.2) is 49.3 Å². The van der Waals surface area contributed by atoms with E-state index in [0.29, 0.717) is 18.2 Å². The number of hydrogen-bond acceptors (Lipinski definition) is 3. The number of ether oxygens (including phenoxy) is 1. The van der Waals surface area contributed by atoms with Crippen LogP contribution >= 0.6 is 0 Å². The molecule has 0 aromatic carbocycles. The van der Waals surface area contributed by atoms with Crippen LogP contribution in [0, 0.1) is 0 Å². The maximum atomic E-state index is 5.89. The maximum absolute atomic E-state index is 5.89. The van der Waals surface area contributed by atoms with E-state index in [1.54, 1.807) is 0 Å². The number of likely N-dealkylation sites (N-methyl/N-ethyl adjacent to an activating group) is 1. The van der Waals surface area contributed by atoms with E-state index in [-0.39, 0.29) is 0 Å². The van der Waals surface area contributed by atoms with Gasteiger partial charge in [0.2, 0.25) is 0 Å². The number of nitrogens with one attached hydrogen (secondary N) is 1. The molecule has 0 aromatic rings. The van der Waals surface area contributed by atoms with Gasteiger partial charge < -0.3 is 10.1 Å². The van der Waals surface area contributed by atoms with Gasteiger partial charge in [0.15, 0.2) is 0 Å². The summed E-state index contributed by atoms with van der Waals surface area (Å²) in [6, 6.07) is 1.30. The first-order valence-corrected chi connectivity index (χ1v) is 6.90. The van der Waals surface area contributed by atoms with Crippen molar-refractivity contribution in [3.8, 4) is 0 Å². The van der Waals surface area contributed by atoms with Gasteiger partial charge >= 0.3 is 0 Å². The van der Waals surface area contributed by atoms with Crippen molar-refractivity contribution < 1.29 is 4.74 Å². The Bertz CT molecular complexity index is 208. The molecule has 1 N–H and O–H groups in total. The highest BCUT2D eigenvalue weighted by Crippen LogP contribution is 2.28. The molecule has 1 aliphatic heterocycles. The van der Waals surface area contributed by atoms with Crippen LogP contribution in [0.5, 0.6) is 0 Å². The fourth-order valence-electron chi connectivity index (χ4n) is 3.17. The van der Waals surface area contributed by atoms with Crippen molar-refractivity contribution >= 4 is 0 Å². The second kappa shape index (κ2) is 5.99. The topological polar surface area (TPSA) is 24.5 Å². The standard InChI is InChI=1S/C13H26N2O/c1-3-14-11(2)10-15-8-9-16-13-7-5-4-6-12(13)15/h11-14H,3-10H2,1-2H3. The van der Waals surface area contributed by atoms with E-state index in [1.807, 2.05) is 0 Å². The van der Waals surface area contributed by atoms with Crippen molar-refractivity contribution in [1.29, 1.82) is 0 Å². The minimum absolute atomic E-state index is 0.524. The van der Waals surface area contributed by atoms with Crippen LogP contribution in [0.25, 0.3) is 0 Å². The lowest BCUT2D eigenvalue weighted by atomic mass is 9.90. The van der Waals surface area contributed by atoms with Gasteiger partial charge in [0, 0.05) is 25.2 Å². The Morgan fingerprint density at radius 3 is 3.00 bits per heavy atom. The van der Waals surface area contributed by atoms with E-state index in [1.165, 1.54) is 32.2 Å². The zero-order valence-electron chi connectivity index (χ0n) is 10.7. The number of morpholine rings is 1. The zero-order valence-corrected chi connectivity index (χ0v) is 10.7. The third-order valence-corrected chi connectivity index (χ3v) is 3.91. The van der Waals surface area contributed by atoms with Crippen molar-refractivity contribution in [2.24, 2.45) is 0 Å². The molecule has 0 spiro atoms. The Morgan fingerprint density at radius 1 is 1.38 bits per heavy atom. The quantitative estimate of drug-likeness (QED) is 0.788. The van der Waals surface area contributed by atoms with Gasteiger partial charge in [0.05, 0.1) is 12.7 Å². The van der Waals surface area contributed by atoms with Gasteiger partial charge in [0.25, 0.3) is 0 Å². The average Bonchev–Trinajstić information content (AvgIpc) is 2.30. The SMILES string of the molecule is CCNC(C)CN1CCOC2CCCCC21. The first-order chi connectivity index (χ1) is 7.81. The highest BCUT2D eigenvalue weighted by Gasteiger charge is 2.34. The molecule has 16 heavy (non-hydrogen) atoms. The summed E-state index contributed by atoms with van der Waals surface area (Å²) in [5.74, 6) is 0. The summed E-state index contributed by atoms with van der Waals surface area (Å²) in [4.78, 5) is 2.65. The molecule has 2 aliphatic rings. The smallest absolute Gasteiger partial charge is 0.0730 e. The first kappa shape index (κ1) is 12.3. The van der Waals surface area contributed by atoms with Gasteiger partial charge in [-0.2, -0.15) is 0 Å². The van der Waals surface area contributed by atoms with E-state index in [0.717, 1.165) is 19.7 Å². The summed E-state index contributed by atoms with van der Waals surface area (Å²) in [6.07, 6.45) is 5.88. The number of hydrogen-bond donors (Lipinski definition) is 1. The van der Waals surface area contributed by atoms with Crippen LogP contribution in [0.15, 0.2) is 0 Å². The number of rotatable bonds is 4. The Kier molecular flexibility index (Phi) is 4.62. The van der Waals surface area contributed by atoms with Crippen LogP contribution < -0.4 is 5.32 Å². The lowest BCUT2D eigenvalue weighted by Crippen LogP contribution is -2.55. The Morgan fingerprint density at radius 2 is 2.19 bits per heavy atom. The summed E-state index contributed by atoms with van der Waals surface area (Å²) >= 11 is 0. The van der Waals surface area contributed by atoms with E-state index < -0.39 is 0 Å². The largest absolute Gasteiger partial charge is 0.375 e. The molecule has 3 nitrogen and oxygen atoms in total. The summed E-state index contributed by atoms with van der Waals surface area (Å²) in [5.41, 5.74) is 0. The molecule has 0 aromatic heterocycles. The number of fused-ring (bicyclic) bond motifs is 1. The van der Waals surface area contributed by atoms with Crippen LogP contribution in [0.4, 0.5) is 0 Å². The van der Waals surface area contributed by atoms with Gasteiger partial charge in [-0.3, -0.25) is 4.90 Å². The first-order valence-electron chi connectivity index (χ1n) is 6.90. The van der Waals surface area contributed by atoms with Gasteiger partial charge in [0.1, 0.15) is 0 Å². The zero-order chi connectivity index (χ0) is 11.4. The highest BCUT2D eigenvalue weighted by molar-refractivity contribution is 4.88. The molecule has 1 saturated carbocycles. The lowest BCUT2D eigenvalue weighted by Gasteiger charge is -2.44. The van der Waals surface area contributed by atoms with Crippen molar-refractivity contribution in [3.63, 3.8) is 0 Å². The van der Waals surface area contributed by atoms with E-state index in [2.05, 4.69) is 24.1 Å². The monoisotopic (exact) mass is 226 g/mol. The fourth-order valence-corrected chi connectivity index (χ4v) is 3.17. The van der Waals surface area contributed by atoms with Crippen molar-refractivity contribution in [3.05, 3.63) is 0 Å². The summed E-state index contributed by atoms with van der Waals surface area (Å²) in [6.45, 7) is 8.77. The van der Waals surface area contributed by atoms with Crippen molar-refractivity contribution in [2.45, 2.75) is 57.7 Å². The van der Waals surface area contributed by atoms with E-state index >= 15 is 0 Å². The molecule has 0 bridgehead atoms. The van der Waals surface area contributed by atoms with Crippen LogP contribution in [0.3, 0.4) is 0 Å². The molecule has 0 radical (unpaired) electrons. The molecular formula is C13H26N2O. The third-order valence-electron chi connectivity index (χ3n) is 3.91. The van der Waals surface area contributed by atoms with Crippen LogP contribution in [0.2, 0.25) is 0 Å². The van der Waals surface area contributed by atoms with Crippen molar-refractivity contribution in [2.75, 3.05) is 26.2 Å². The third kappa shape index (κ3) is 2.96. The molecule has 2 rings (SSSR count). The summed E-state index contributed by atoms with van der Waals surface area (Å²) < 4.78 is 5.89. The average molecular weight is 226 g/mol. The second-order valence-corrected chi connectivity index (χ2v) is 5.21. The normalized spacial score (nSPS) is 33.4. The van der Waals surface area contributed by atoms with Crippen molar-refractivity contribution in [1.82, 2.24) is 10.2 Å². The van der Waals surface area contributed by atoms with Gasteiger partial charge in [-0.1, -0.05) is 19.8 Å². The van der Waals surface area contributed by atoms with E-state index in [9.17, 15) is 0 Å². The second-order valence-electron chi connectivity index (χ2n) is 5.21. The van der Waals surface area contributed by atoms with Gasteiger partial charge in [-0.05, 0) is 26.3 Å². The van der Waals surface area contributed by atoms with Gasteiger partial charge in [-0.25, -0.2) is 0 Å². The minimum atomic E-state index is 0.524. The number of nitrogens with zero attached hydrogens (tertiary/aromatic N) is 1. The maximum Gasteiger partial charge on any atom is 0.0730 e. The molecule has 94 valence electrons. The highest BCUT2D eigenvalue weighted by atomic mass is 16.5. The van der Waals surface area contributed by atoms with Crippen LogP contribution in [0.1, 0.15) is 39.5 Å². The predicted molar refractivity (Wildman–Crippen MR) is 66.7 cm³/mol. The molecule has 3 unspecified atom stereocenters. The molecule has 2 fully saturated rings. The molecule has 3 heteroatoms. The summed E-state index contributed by atoms with van der Waals surface area (Å²) in [7, 11) is 0. The molecule has 3 atom stereocenters. The summed E-state index contributed by atoms with van der Waals surface area (Å²) in [5, 5.41) is 3.51. The van der Waals surface area contributed by atoms with Gasteiger partial charge in [-0.15, -0.1) is 0 Å². The van der Waals surface area contributed by atoms with E-state index in [4.69, 9.17) is 4.74 Å². The Labute approximate surface area is 99.5 Å². The Balaban J connectivity index is 1.87. The van der Waals surface area contributed by atoms with Crippen LogP contribution in [-0.2, 0) is 4.74 Å². The predicted octanol–water partition coefficient (Wildman–Crippen LogP) is 1.63.